The molecule has 2 aromatic carbocycles. The normalized spacial score (nSPS) is 10.6. The van der Waals surface area contributed by atoms with E-state index in [1.54, 1.807) is 0 Å². The Morgan fingerprint density at radius 3 is 2.06 bits per heavy atom. The predicted molar refractivity (Wildman–Crippen MR) is 155 cm³/mol. The molecule has 0 aliphatic carbocycles. The Kier molecular flexibility index (Phi) is 19.3. The number of ether oxygens (including phenoxy) is 2. The summed E-state index contributed by atoms with van der Waals surface area (Å²) < 4.78 is 11.9. The van der Waals surface area contributed by atoms with Gasteiger partial charge in [-0.15, -0.1) is 24.8 Å². The van der Waals surface area contributed by atoms with Crippen molar-refractivity contribution in [3.05, 3.63) is 58.1 Å². The van der Waals surface area contributed by atoms with Crippen LogP contribution in [0.1, 0.15) is 69.6 Å². The topological polar surface area (TPSA) is 33.7 Å². The van der Waals surface area contributed by atoms with Gasteiger partial charge in [-0.3, -0.25) is 0 Å². The molecule has 0 amide bonds. The van der Waals surface area contributed by atoms with Crippen LogP contribution in [0.25, 0.3) is 0 Å². The van der Waals surface area contributed by atoms with Gasteiger partial charge in [0, 0.05) is 6.54 Å². The third kappa shape index (κ3) is 13.1. The Bertz CT molecular complexity index is 796. The van der Waals surface area contributed by atoms with E-state index < -0.39 is 0 Å². The van der Waals surface area contributed by atoms with Gasteiger partial charge < -0.3 is 19.7 Å². The van der Waals surface area contributed by atoms with Gasteiger partial charge >= 0.3 is 0 Å². The largest absolute Gasteiger partial charge is 0.490 e. The highest BCUT2D eigenvalue weighted by Crippen LogP contribution is 2.37. The highest BCUT2D eigenvalue weighted by molar-refractivity contribution is 6.32. The van der Waals surface area contributed by atoms with Gasteiger partial charge in [0.2, 0.25) is 0 Å². The van der Waals surface area contributed by atoms with Gasteiger partial charge in [0.15, 0.2) is 11.5 Å². The number of unbranched alkanes of at least 4 members (excludes halogenated alkanes) is 2. The maximum atomic E-state index is 6.60. The minimum atomic E-state index is 0. The summed E-state index contributed by atoms with van der Waals surface area (Å²) in [5.41, 5.74) is 3.45. The highest BCUT2D eigenvalue weighted by atomic mass is 35.5. The van der Waals surface area contributed by atoms with Crippen molar-refractivity contribution in [1.29, 1.82) is 0 Å². The van der Waals surface area contributed by atoms with Gasteiger partial charge in [0.1, 0.15) is 6.61 Å². The molecule has 0 atom stereocenters. The monoisotopic (exact) mass is 546 g/mol. The fourth-order valence-corrected chi connectivity index (χ4v) is 4.01. The molecule has 0 aromatic heterocycles. The Morgan fingerprint density at radius 1 is 0.829 bits per heavy atom. The van der Waals surface area contributed by atoms with Crippen LogP contribution in [0.2, 0.25) is 5.02 Å². The first-order chi connectivity index (χ1) is 16.1. The third-order valence-electron chi connectivity index (χ3n) is 5.69. The second kappa shape index (κ2) is 20.0. The number of nitrogens with zero attached hydrogens (tertiary/aromatic N) is 1. The lowest BCUT2D eigenvalue weighted by Crippen LogP contribution is -2.29. The molecule has 0 spiro atoms. The molecule has 0 bridgehead atoms. The van der Waals surface area contributed by atoms with E-state index in [9.17, 15) is 0 Å². The zero-order valence-corrected chi connectivity index (χ0v) is 24.3. The van der Waals surface area contributed by atoms with Crippen LogP contribution in [0.15, 0.2) is 36.4 Å². The summed E-state index contributed by atoms with van der Waals surface area (Å²) in [5.74, 6) is 1.32. The summed E-state index contributed by atoms with van der Waals surface area (Å²) in [5, 5.41) is 4.16. The number of hydrogen-bond donors (Lipinski definition) is 1. The number of aryl methyl sites for hydroxylation is 1. The van der Waals surface area contributed by atoms with Crippen LogP contribution in [0.4, 0.5) is 0 Å². The number of nitrogens with one attached hydrogen (secondary N) is 1. The van der Waals surface area contributed by atoms with Crippen molar-refractivity contribution in [3.63, 3.8) is 0 Å². The third-order valence-corrected chi connectivity index (χ3v) is 5.97. The average Bonchev–Trinajstić information content (AvgIpc) is 2.81. The number of hydrogen-bond acceptors (Lipinski definition) is 4. The van der Waals surface area contributed by atoms with Gasteiger partial charge in [-0.25, -0.2) is 0 Å². The second-order valence-corrected chi connectivity index (χ2v) is 9.10. The number of benzene rings is 2. The minimum Gasteiger partial charge on any atom is -0.490 e. The lowest BCUT2D eigenvalue weighted by Gasteiger charge is -2.22. The molecular weight excluding hydrogens is 503 g/mol. The van der Waals surface area contributed by atoms with E-state index in [0.717, 1.165) is 37.2 Å². The van der Waals surface area contributed by atoms with E-state index >= 15 is 0 Å². The van der Waals surface area contributed by atoms with E-state index in [1.165, 1.54) is 44.3 Å². The molecule has 7 heteroatoms. The first-order valence-corrected chi connectivity index (χ1v) is 13.0. The molecule has 0 fully saturated rings. The van der Waals surface area contributed by atoms with Gasteiger partial charge in [0.25, 0.3) is 0 Å². The molecule has 2 aromatic rings. The molecular formula is C28H45Cl3N2O2. The molecule has 0 aliphatic rings. The molecule has 0 radical (unpaired) electrons. The van der Waals surface area contributed by atoms with E-state index in [1.807, 2.05) is 19.1 Å². The van der Waals surface area contributed by atoms with Crippen molar-refractivity contribution in [3.8, 4) is 11.5 Å². The summed E-state index contributed by atoms with van der Waals surface area (Å²) in [6.07, 6.45) is 6.24. The van der Waals surface area contributed by atoms with Crippen molar-refractivity contribution in [1.82, 2.24) is 10.2 Å². The van der Waals surface area contributed by atoms with Gasteiger partial charge in [-0.2, -0.15) is 0 Å². The molecule has 4 nitrogen and oxygen atoms in total. The summed E-state index contributed by atoms with van der Waals surface area (Å²) >= 11 is 6.60. The average molecular weight is 548 g/mol. The van der Waals surface area contributed by atoms with Crippen molar-refractivity contribution in [2.75, 3.05) is 32.8 Å². The maximum absolute atomic E-state index is 6.60. The quantitative estimate of drug-likeness (QED) is 0.204. The first kappa shape index (κ1) is 33.8. The molecule has 1 N–H and O–H groups in total. The van der Waals surface area contributed by atoms with E-state index in [2.05, 4.69) is 55.3 Å². The maximum Gasteiger partial charge on any atom is 0.180 e. The number of rotatable bonds is 17. The van der Waals surface area contributed by atoms with Gasteiger partial charge in [0.05, 0.1) is 11.6 Å². The zero-order valence-electron chi connectivity index (χ0n) is 21.9. The zero-order chi connectivity index (χ0) is 23.9. The molecule has 0 saturated carbocycles. The van der Waals surface area contributed by atoms with Gasteiger partial charge in [-0.05, 0) is 82.5 Å². The van der Waals surface area contributed by atoms with Gasteiger partial charge in [-0.1, -0.05) is 68.1 Å². The lowest BCUT2D eigenvalue weighted by atomic mass is 10.1. The summed E-state index contributed by atoms with van der Waals surface area (Å²) in [4.78, 5) is 2.61. The van der Waals surface area contributed by atoms with Crippen LogP contribution in [0, 0.1) is 6.92 Å². The predicted octanol–water partition coefficient (Wildman–Crippen LogP) is 7.85. The molecule has 0 aliphatic heterocycles. The van der Waals surface area contributed by atoms with Crippen molar-refractivity contribution in [2.45, 2.75) is 73.0 Å². The molecule has 0 saturated heterocycles. The second-order valence-electron chi connectivity index (χ2n) is 8.69. The first-order valence-electron chi connectivity index (χ1n) is 12.6. The summed E-state index contributed by atoms with van der Waals surface area (Å²) in [7, 11) is 0. The lowest BCUT2D eigenvalue weighted by molar-refractivity contribution is 0.261. The van der Waals surface area contributed by atoms with E-state index in [4.69, 9.17) is 21.1 Å². The van der Waals surface area contributed by atoms with Crippen molar-refractivity contribution in [2.24, 2.45) is 0 Å². The van der Waals surface area contributed by atoms with Crippen LogP contribution in [-0.2, 0) is 13.2 Å². The fraction of sp³-hybridized carbons (Fsp3) is 0.571. The Labute approximate surface area is 230 Å². The Balaban J connectivity index is 0.00000578. The fourth-order valence-electron chi connectivity index (χ4n) is 3.73. The standard InChI is InChI=1S/C28H43ClN2O2.2ClH/c1-5-8-16-31(17-9-6-2)18-10-15-30-21-25-19-26(29)28(27(20-25)32-7-3)33-22-24-13-11-23(4)12-14-24;;/h11-14,19-20,30H,5-10,15-18,21-22H2,1-4H3;2*1H. The Hall–Kier alpha value is -1.17. The SMILES string of the molecule is CCCCN(CCCC)CCCNCc1cc(Cl)c(OCc2ccc(C)cc2)c(OCC)c1.Cl.Cl. The van der Waals surface area contributed by atoms with Crippen molar-refractivity contribution < 1.29 is 9.47 Å². The molecule has 2 rings (SSSR count). The Morgan fingerprint density at radius 2 is 1.46 bits per heavy atom. The van der Waals surface area contributed by atoms with E-state index in [0.29, 0.717) is 29.7 Å². The van der Waals surface area contributed by atoms with Crippen molar-refractivity contribution >= 4 is 36.4 Å². The minimum absolute atomic E-state index is 0. The smallest absolute Gasteiger partial charge is 0.180 e. The van der Waals surface area contributed by atoms with Crippen LogP contribution in [0.5, 0.6) is 11.5 Å². The van der Waals surface area contributed by atoms with Crippen LogP contribution >= 0.6 is 36.4 Å². The highest BCUT2D eigenvalue weighted by Gasteiger charge is 2.13. The van der Waals surface area contributed by atoms with E-state index in [-0.39, 0.29) is 24.8 Å². The molecule has 35 heavy (non-hydrogen) atoms. The van der Waals surface area contributed by atoms with Crippen LogP contribution in [0.3, 0.4) is 0 Å². The summed E-state index contributed by atoms with van der Waals surface area (Å²) in [6, 6.07) is 12.4. The molecule has 0 heterocycles. The molecule has 0 unspecified atom stereocenters. The molecule has 200 valence electrons. The van der Waals surface area contributed by atoms with Crippen LogP contribution in [-0.4, -0.2) is 37.7 Å². The summed E-state index contributed by atoms with van der Waals surface area (Å²) in [6.45, 7) is 15.0. The number of halogens is 3. The van der Waals surface area contributed by atoms with Crippen LogP contribution < -0.4 is 14.8 Å².